The van der Waals surface area contributed by atoms with Crippen LogP contribution >= 0.6 is 0 Å². The summed E-state index contributed by atoms with van der Waals surface area (Å²) in [7, 11) is -3.26. The smallest absolute Gasteiger partial charge is 0.177 e. The summed E-state index contributed by atoms with van der Waals surface area (Å²) in [6.45, 7) is 3.27. The van der Waals surface area contributed by atoms with Crippen LogP contribution in [0.3, 0.4) is 0 Å². The van der Waals surface area contributed by atoms with E-state index in [1.54, 1.807) is 12.1 Å². The summed E-state index contributed by atoms with van der Waals surface area (Å²) in [5, 5.41) is 0. The first-order chi connectivity index (χ1) is 9.93. The van der Waals surface area contributed by atoms with Crippen molar-refractivity contribution in [1.82, 2.24) is 0 Å². The van der Waals surface area contributed by atoms with Crippen molar-refractivity contribution in [1.29, 1.82) is 0 Å². The van der Waals surface area contributed by atoms with Crippen LogP contribution in [0.4, 0.5) is 11.4 Å². The molecule has 0 aliphatic rings. The third-order valence-corrected chi connectivity index (χ3v) is 4.55. The third kappa shape index (κ3) is 3.55. The average Bonchev–Trinajstić information content (AvgIpc) is 2.45. The van der Waals surface area contributed by atoms with E-state index in [1.165, 1.54) is 6.26 Å². The molecule has 0 saturated heterocycles. The molecule has 112 valence electrons. The van der Waals surface area contributed by atoms with Crippen molar-refractivity contribution < 1.29 is 8.42 Å². The molecular weight excluding hydrogens is 284 g/mol. The van der Waals surface area contributed by atoms with E-state index in [4.69, 9.17) is 5.73 Å². The second-order valence-corrected chi connectivity index (χ2v) is 6.94. The number of sulfone groups is 1. The lowest BCUT2D eigenvalue weighted by Gasteiger charge is -2.25. The maximum absolute atomic E-state index is 11.9. The van der Waals surface area contributed by atoms with E-state index in [1.807, 2.05) is 48.2 Å². The van der Waals surface area contributed by atoms with Crippen LogP contribution in [0.2, 0.25) is 0 Å². The van der Waals surface area contributed by atoms with E-state index in [0.717, 1.165) is 5.56 Å². The Hall–Kier alpha value is -2.01. The highest BCUT2D eigenvalue weighted by Gasteiger charge is 2.17. The van der Waals surface area contributed by atoms with Gasteiger partial charge in [0.15, 0.2) is 9.84 Å². The number of rotatable bonds is 5. The molecule has 0 bridgehead atoms. The lowest BCUT2D eigenvalue weighted by molar-refractivity contribution is 0.601. The minimum atomic E-state index is -3.26. The quantitative estimate of drug-likeness (QED) is 0.863. The van der Waals surface area contributed by atoms with Crippen LogP contribution in [0, 0.1) is 0 Å². The van der Waals surface area contributed by atoms with Gasteiger partial charge in [-0.1, -0.05) is 30.3 Å². The van der Waals surface area contributed by atoms with E-state index in [9.17, 15) is 8.42 Å². The first-order valence-corrected chi connectivity index (χ1v) is 8.70. The van der Waals surface area contributed by atoms with E-state index in [0.29, 0.717) is 29.4 Å². The highest BCUT2D eigenvalue weighted by molar-refractivity contribution is 7.90. The van der Waals surface area contributed by atoms with Crippen molar-refractivity contribution in [3.05, 3.63) is 54.1 Å². The third-order valence-electron chi connectivity index (χ3n) is 3.40. The van der Waals surface area contributed by atoms with Gasteiger partial charge in [-0.05, 0) is 30.7 Å². The summed E-state index contributed by atoms with van der Waals surface area (Å²) in [5.41, 5.74) is 8.40. The van der Waals surface area contributed by atoms with Crippen molar-refractivity contribution in [2.24, 2.45) is 0 Å². The van der Waals surface area contributed by atoms with Gasteiger partial charge in [-0.3, -0.25) is 0 Å². The molecule has 5 heteroatoms. The van der Waals surface area contributed by atoms with E-state index in [-0.39, 0.29) is 0 Å². The van der Waals surface area contributed by atoms with Gasteiger partial charge >= 0.3 is 0 Å². The van der Waals surface area contributed by atoms with Gasteiger partial charge in [0.25, 0.3) is 0 Å². The zero-order valence-corrected chi connectivity index (χ0v) is 13.1. The highest BCUT2D eigenvalue weighted by Crippen LogP contribution is 2.27. The Morgan fingerprint density at radius 1 is 1.05 bits per heavy atom. The van der Waals surface area contributed by atoms with Crippen LogP contribution in [-0.2, 0) is 16.4 Å². The Kier molecular flexibility index (Phi) is 4.53. The molecule has 0 spiro atoms. The Morgan fingerprint density at radius 3 is 2.29 bits per heavy atom. The molecule has 0 fully saturated rings. The zero-order valence-electron chi connectivity index (χ0n) is 12.3. The van der Waals surface area contributed by atoms with Gasteiger partial charge in [0, 0.05) is 25.0 Å². The van der Waals surface area contributed by atoms with Crippen molar-refractivity contribution in [3.63, 3.8) is 0 Å². The number of nitrogens with two attached hydrogens (primary N) is 1. The fourth-order valence-electron chi connectivity index (χ4n) is 2.28. The summed E-state index contributed by atoms with van der Waals surface area (Å²) in [6, 6.07) is 14.7. The summed E-state index contributed by atoms with van der Waals surface area (Å²) < 4.78 is 23.9. The predicted molar refractivity (Wildman–Crippen MR) is 87.1 cm³/mol. The molecule has 2 N–H and O–H groups in total. The summed E-state index contributed by atoms with van der Waals surface area (Å²) in [4.78, 5) is 2.36. The van der Waals surface area contributed by atoms with E-state index in [2.05, 4.69) is 0 Å². The van der Waals surface area contributed by atoms with Crippen molar-refractivity contribution in [2.75, 3.05) is 23.4 Å². The predicted octanol–water partition coefficient (Wildman–Crippen LogP) is 2.70. The molecule has 0 atom stereocenters. The number of hydrogen-bond donors (Lipinski definition) is 1. The minimum absolute atomic E-state index is 0.348. The van der Waals surface area contributed by atoms with Gasteiger partial charge in [0.05, 0.1) is 10.6 Å². The molecule has 0 heterocycles. The standard InChI is InChI=1S/C16H20N2O2S/c1-3-18(12-13-8-4-5-9-14(13)17)15-10-6-7-11-16(15)21(2,19)20/h4-11H,3,12,17H2,1-2H3. The molecule has 0 radical (unpaired) electrons. The molecular formula is C16H20N2O2S. The summed E-state index contributed by atoms with van der Waals surface area (Å²) in [5.74, 6) is 0. The molecule has 0 aromatic heterocycles. The number of hydrogen-bond acceptors (Lipinski definition) is 4. The second-order valence-electron chi connectivity index (χ2n) is 4.95. The Labute approximate surface area is 126 Å². The van der Waals surface area contributed by atoms with Crippen LogP contribution < -0.4 is 10.6 Å². The number of benzene rings is 2. The zero-order chi connectivity index (χ0) is 15.5. The Morgan fingerprint density at radius 2 is 1.67 bits per heavy atom. The minimum Gasteiger partial charge on any atom is -0.398 e. The molecule has 2 rings (SSSR count). The maximum Gasteiger partial charge on any atom is 0.177 e. The van der Waals surface area contributed by atoms with Gasteiger partial charge in [0.2, 0.25) is 0 Å². The average molecular weight is 304 g/mol. The van der Waals surface area contributed by atoms with Crippen LogP contribution in [0.15, 0.2) is 53.4 Å². The SMILES string of the molecule is CCN(Cc1ccccc1N)c1ccccc1S(C)(=O)=O. The summed E-state index contributed by atoms with van der Waals surface area (Å²) >= 11 is 0. The molecule has 4 nitrogen and oxygen atoms in total. The van der Waals surface area contributed by atoms with Gasteiger partial charge < -0.3 is 10.6 Å². The van der Waals surface area contributed by atoms with Crippen LogP contribution in [0.25, 0.3) is 0 Å². The first kappa shape index (κ1) is 15.4. The van der Waals surface area contributed by atoms with E-state index >= 15 is 0 Å². The molecule has 0 saturated carbocycles. The fraction of sp³-hybridized carbons (Fsp3) is 0.250. The molecule has 0 amide bonds. The van der Waals surface area contributed by atoms with Crippen molar-refractivity contribution in [2.45, 2.75) is 18.4 Å². The topological polar surface area (TPSA) is 63.4 Å². The molecule has 0 aliphatic heterocycles. The normalized spacial score (nSPS) is 11.3. The first-order valence-electron chi connectivity index (χ1n) is 6.81. The largest absolute Gasteiger partial charge is 0.398 e. The molecule has 21 heavy (non-hydrogen) atoms. The van der Waals surface area contributed by atoms with Gasteiger partial charge in [-0.2, -0.15) is 0 Å². The van der Waals surface area contributed by atoms with Gasteiger partial charge in [-0.15, -0.1) is 0 Å². The van der Waals surface area contributed by atoms with E-state index < -0.39 is 9.84 Å². The Balaban J connectivity index is 2.42. The molecule has 0 unspecified atom stereocenters. The van der Waals surface area contributed by atoms with Crippen LogP contribution in [0.1, 0.15) is 12.5 Å². The van der Waals surface area contributed by atoms with Crippen molar-refractivity contribution >= 4 is 21.2 Å². The second kappa shape index (κ2) is 6.18. The molecule has 2 aromatic carbocycles. The van der Waals surface area contributed by atoms with Crippen LogP contribution in [-0.4, -0.2) is 21.2 Å². The molecule has 2 aromatic rings. The number of para-hydroxylation sites is 2. The van der Waals surface area contributed by atoms with Gasteiger partial charge in [0.1, 0.15) is 0 Å². The Bertz CT molecular complexity index is 727. The lowest BCUT2D eigenvalue weighted by Crippen LogP contribution is -2.24. The van der Waals surface area contributed by atoms with Crippen LogP contribution in [0.5, 0.6) is 0 Å². The number of nitrogen functional groups attached to an aromatic ring is 1. The fourth-order valence-corrected chi connectivity index (χ4v) is 3.19. The van der Waals surface area contributed by atoms with Gasteiger partial charge in [-0.25, -0.2) is 8.42 Å². The highest BCUT2D eigenvalue weighted by atomic mass is 32.2. The van der Waals surface area contributed by atoms with Crippen molar-refractivity contribution in [3.8, 4) is 0 Å². The molecule has 0 aliphatic carbocycles. The monoisotopic (exact) mass is 304 g/mol. The lowest BCUT2D eigenvalue weighted by atomic mass is 10.1. The number of nitrogens with zero attached hydrogens (tertiary/aromatic N) is 1. The maximum atomic E-state index is 11.9. The number of anilines is 2. The summed E-state index contributed by atoms with van der Waals surface area (Å²) in [6.07, 6.45) is 1.23.